The molecule has 0 spiro atoms. The van der Waals surface area contributed by atoms with Crippen molar-refractivity contribution < 1.29 is 9.18 Å². The number of aromatic nitrogens is 2. The van der Waals surface area contributed by atoms with Crippen LogP contribution < -0.4 is 5.73 Å². The Morgan fingerprint density at radius 3 is 2.83 bits per heavy atom. The summed E-state index contributed by atoms with van der Waals surface area (Å²) in [5.74, 6) is -0.170. The summed E-state index contributed by atoms with van der Waals surface area (Å²) in [7, 11) is 0. The monoisotopic (exact) mass is 352 g/mol. The van der Waals surface area contributed by atoms with Crippen LogP contribution in [0.4, 0.5) is 4.39 Å². The van der Waals surface area contributed by atoms with Crippen LogP contribution in [0.2, 0.25) is 0 Å². The van der Waals surface area contributed by atoms with Gasteiger partial charge in [-0.05, 0) is 43.9 Å². The number of likely N-dealkylation sites (tertiary alicyclic amines) is 1. The summed E-state index contributed by atoms with van der Waals surface area (Å²) in [5.41, 5.74) is 6.63. The average Bonchev–Trinajstić information content (AvgIpc) is 3.04. The second kappa shape index (κ2) is 7.77. The number of nitrogens with two attached hydrogens (primary N) is 1. The van der Waals surface area contributed by atoms with Gasteiger partial charge in [-0.3, -0.25) is 4.79 Å². The number of amides is 1. The van der Waals surface area contributed by atoms with Gasteiger partial charge < -0.3 is 10.6 Å². The van der Waals surface area contributed by atoms with Gasteiger partial charge in [-0.25, -0.2) is 9.07 Å². The van der Waals surface area contributed by atoms with E-state index in [4.69, 9.17) is 5.73 Å². The van der Waals surface area contributed by atoms with Gasteiger partial charge >= 0.3 is 0 Å². The fourth-order valence-corrected chi connectivity index (χ4v) is 3.00. The molecular formula is C17H22ClFN4O. The van der Waals surface area contributed by atoms with Gasteiger partial charge in [0.1, 0.15) is 11.5 Å². The number of rotatable bonds is 3. The van der Waals surface area contributed by atoms with Crippen LogP contribution in [0.5, 0.6) is 0 Å². The Hall–Kier alpha value is -1.92. The van der Waals surface area contributed by atoms with Gasteiger partial charge in [-0.2, -0.15) is 5.10 Å². The predicted octanol–water partition coefficient (Wildman–Crippen LogP) is 2.63. The van der Waals surface area contributed by atoms with Crippen LogP contribution in [0.15, 0.2) is 36.5 Å². The average molecular weight is 353 g/mol. The van der Waals surface area contributed by atoms with Gasteiger partial charge in [0.2, 0.25) is 0 Å². The van der Waals surface area contributed by atoms with Gasteiger partial charge in [0, 0.05) is 25.3 Å². The number of halogens is 2. The molecule has 0 saturated carbocycles. The zero-order valence-corrected chi connectivity index (χ0v) is 14.4. The van der Waals surface area contributed by atoms with Crippen LogP contribution >= 0.6 is 12.4 Å². The lowest BCUT2D eigenvalue weighted by atomic mass is 9.92. The van der Waals surface area contributed by atoms with E-state index >= 15 is 0 Å². The summed E-state index contributed by atoms with van der Waals surface area (Å²) in [6.07, 6.45) is 3.61. The first-order valence-electron chi connectivity index (χ1n) is 7.91. The fraction of sp³-hybridized carbons (Fsp3) is 0.412. The van der Waals surface area contributed by atoms with Crippen molar-refractivity contribution in [1.82, 2.24) is 14.7 Å². The van der Waals surface area contributed by atoms with Crippen molar-refractivity contribution in [2.75, 3.05) is 13.1 Å². The van der Waals surface area contributed by atoms with Crippen LogP contribution in [0.1, 0.15) is 30.3 Å². The summed E-state index contributed by atoms with van der Waals surface area (Å²) < 4.78 is 15.2. The molecule has 2 atom stereocenters. The smallest absolute Gasteiger partial charge is 0.274 e. The molecule has 1 aliphatic heterocycles. The van der Waals surface area contributed by atoms with Gasteiger partial charge in [-0.1, -0.05) is 12.1 Å². The molecule has 5 nitrogen and oxygen atoms in total. The number of carbonyl (C=O) groups excluding carboxylic acids is 1. The van der Waals surface area contributed by atoms with Gasteiger partial charge in [-0.15, -0.1) is 12.4 Å². The van der Waals surface area contributed by atoms with Crippen molar-refractivity contribution in [1.29, 1.82) is 0 Å². The van der Waals surface area contributed by atoms with Crippen LogP contribution in [0.25, 0.3) is 5.69 Å². The molecule has 1 aliphatic rings. The fourth-order valence-electron chi connectivity index (χ4n) is 3.00. The maximum Gasteiger partial charge on any atom is 0.274 e. The Balaban J connectivity index is 0.00000208. The van der Waals surface area contributed by atoms with Crippen molar-refractivity contribution in [2.24, 2.45) is 11.7 Å². The molecule has 7 heteroatoms. The first-order valence-corrected chi connectivity index (χ1v) is 7.91. The number of hydrogen-bond acceptors (Lipinski definition) is 3. The lowest BCUT2D eigenvalue weighted by Crippen LogP contribution is -2.45. The maximum absolute atomic E-state index is 13.8. The van der Waals surface area contributed by atoms with Gasteiger partial charge in [0.05, 0.1) is 0 Å². The van der Waals surface area contributed by atoms with E-state index in [1.807, 2.05) is 6.92 Å². The Labute approximate surface area is 147 Å². The van der Waals surface area contributed by atoms with Crippen molar-refractivity contribution >= 4 is 18.3 Å². The summed E-state index contributed by atoms with van der Waals surface area (Å²) in [6.45, 7) is 3.35. The highest BCUT2D eigenvalue weighted by molar-refractivity contribution is 5.92. The van der Waals surface area contributed by atoms with Crippen molar-refractivity contribution in [2.45, 2.75) is 25.8 Å². The minimum atomic E-state index is -0.371. The number of benzene rings is 1. The predicted molar refractivity (Wildman–Crippen MR) is 93.0 cm³/mol. The molecule has 3 rings (SSSR count). The molecule has 130 valence electrons. The summed E-state index contributed by atoms with van der Waals surface area (Å²) in [4.78, 5) is 14.4. The second-order valence-corrected chi connectivity index (χ2v) is 6.11. The minimum absolute atomic E-state index is 0. The molecule has 1 fully saturated rings. The molecule has 24 heavy (non-hydrogen) atoms. The minimum Gasteiger partial charge on any atom is -0.337 e. The summed E-state index contributed by atoms with van der Waals surface area (Å²) in [5, 5.41) is 4.24. The molecule has 0 bridgehead atoms. The third-order valence-electron chi connectivity index (χ3n) is 4.40. The topological polar surface area (TPSA) is 64.2 Å². The third kappa shape index (κ3) is 3.76. The van der Waals surface area contributed by atoms with Crippen molar-refractivity contribution in [3.63, 3.8) is 0 Å². The van der Waals surface area contributed by atoms with E-state index in [1.54, 1.807) is 35.4 Å². The molecule has 0 radical (unpaired) electrons. The zero-order chi connectivity index (χ0) is 16.4. The number of carbonyl (C=O) groups is 1. The van der Waals surface area contributed by atoms with Crippen LogP contribution in [-0.4, -0.2) is 39.7 Å². The molecule has 0 aliphatic carbocycles. The lowest BCUT2D eigenvalue weighted by Gasteiger charge is -2.34. The maximum atomic E-state index is 13.8. The van der Waals surface area contributed by atoms with Crippen molar-refractivity contribution in [3.8, 4) is 5.69 Å². The van der Waals surface area contributed by atoms with Gasteiger partial charge in [0.25, 0.3) is 5.91 Å². The SMILES string of the molecule is CC(N)C1CCCN(C(=O)c2ccn(-c3ccccc3F)n2)C1.Cl. The van der Waals surface area contributed by atoms with E-state index in [1.165, 1.54) is 10.7 Å². The first-order chi connectivity index (χ1) is 11.1. The lowest BCUT2D eigenvalue weighted by molar-refractivity contribution is 0.0654. The Kier molecular flexibility index (Phi) is 5.96. The zero-order valence-electron chi connectivity index (χ0n) is 13.6. The van der Waals surface area contributed by atoms with E-state index in [9.17, 15) is 9.18 Å². The largest absolute Gasteiger partial charge is 0.337 e. The first kappa shape index (κ1) is 18.4. The third-order valence-corrected chi connectivity index (χ3v) is 4.40. The molecule has 2 unspecified atom stereocenters. The van der Waals surface area contributed by atoms with E-state index in [0.717, 1.165) is 12.8 Å². The highest BCUT2D eigenvalue weighted by Crippen LogP contribution is 2.20. The van der Waals surface area contributed by atoms with Gasteiger partial charge in [0.15, 0.2) is 5.69 Å². The normalized spacial score (nSPS) is 18.8. The van der Waals surface area contributed by atoms with Crippen LogP contribution in [0, 0.1) is 11.7 Å². The number of nitrogens with zero attached hydrogens (tertiary/aromatic N) is 3. The highest BCUT2D eigenvalue weighted by Gasteiger charge is 2.27. The molecule has 1 saturated heterocycles. The Morgan fingerprint density at radius 1 is 1.38 bits per heavy atom. The number of para-hydroxylation sites is 1. The Morgan fingerprint density at radius 2 is 2.12 bits per heavy atom. The van der Waals surface area contributed by atoms with E-state index < -0.39 is 0 Å². The summed E-state index contributed by atoms with van der Waals surface area (Å²) >= 11 is 0. The molecular weight excluding hydrogens is 331 g/mol. The summed E-state index contributed by atoms with van der Waals surface area (Å²) in [6, 6.07) is 8.06. The molecule has 1 aromatic carbocycles. The van der Waals surface area contributed by atoms with Crippen LogP contribution in [0.3, 0.4) is 0 Å². The molecule has 2 aromatic rings. The number of hydrogen-bond donors (Lipinski definition) is 1. The second-order valence-electron chi connectivity index (χ2n) is 6.11. The molecule has 2 N–H and O–H groups in total. The van der Waals surface area contributed by atoms with E-state index in [2.05, 4.69) is 5.10 Å². The number of piperidine rings is 1. The van der Waals surface area contributed by atoms with E-state index in [0.29, 0.717) is 30.4 Å². The quantitative estimate of drug-likeness (QED) is 0.923. The van der Waals surface area contributed by atoms with E-state index in [-0.39, 0.29) is 30.2 Å². The standard InChI is InChI=1S/C17H21FN4O.ClH/c1-12(19)13-5-4-9-21(11-13)17(23)15-8-10-22(20-15)16-7-3-2-6-14(16)18;/h2-3,6-8,10,12-13H,4-5,9,11,19H2,1H3;1H. The van der Waals surface area contributed by atoms with Crippen LogP contribution in [-0.2, 0) is 0 Å². The Bertz CT molecular complexity index is 703. The molecule has 2 heterocycles. The van der Waals surface area contributed by atoms with Crippen molar-refractivity contribution in [3.05, 3.63) is 48.0 Å². The molecule has 1 amide bonds. The molecule has 1 aromatic heterocycles. The highest BCUT2D eigenvalue weighted by atomic mass is 35.5.